The smallest absolute Gasteiger partial charge is 0.166 e. The van der Waals surface area contributed by atoms with E-state index in [1.807, 2.05) is 12.1 Å². The molecule has 4 aromatic rings. The van der Waals surface area contributed by atoms with E-state index in [2.05, 4.69) is 43.2 Å². The van der Waals surface area contributed by atoms with Gasteiger partial charge in [0.05, 0.1) is 10.9 Å². The summed E-state index contributed by atoms with van der Waals surface area (Å²) in [5.74, 6) is 1.47. The average molecular weight is 464 g/mol. The first-order chi connectivity index (χ1) is 16.1. The van der Waals surface area contributed by atoms with Crippen LogP contribution in [-0.2, 0) is 6.42 Å². The molecule has 0 amide bonds. The van der Waals surface area contributed by atoms with Crippen LogP contribution in [0, 0.1) is 17.7 Å². The fourth-order valence-electron chi connectivity index (χ4n) is 5.20. The number of fused-ring (bicyclic) bond motifs is 2. The van der Waals surface area contributed by atoms with Gasteiger partial charge in [-0.3, -0.25) is 0 Å². The Hall–Kier alpha value is -2.73. The summed E-state index contributed by atoms with van der Waals surface area (Å²) in [6.07, 6.45) is 11.8. The van der Waals surface area contributed by atoms with Gasteiger partial charge in [0.15, 0.2) is 11.6 Å². The second-order valence-corrected chi connectivity index (χ2v) is 10.0. The Morgan fingerprint density at radius 3 is 2.82 bits per heavy atom. The highest BCUT2D eigenvalue weighted by Crippen LogP contribution is 2.39. The van der Waals surface area contributed by atoms with Gasteiger partial charge < -0.3 is 9.88 Å². The van der Waals surface area contributed by atoms with Gasteiger partial charge in [-0.2, -0.15) is 0 Å². The highest BCUT2D eigenvalue weighted by atomic mass is 35.5. The Kier molecular flexibility index (Phi) is 5.41. The minimum absolute atomic E-state index is 0.267. The third-order valence-electron chi connectivity index (χ3n) is 7.30. The molecule has 1 aromatic carbocycles. The highest BCUT2D eigenvalue weighted by molar-refractivity contribution is 6.33. The molecule has 0 spiro atoms. The largest absolute Gasteiger partial charge is 0.367 e. The lowest BCUT2D eigenvalue weighted by Crippen LogP contribution is -2.07. The van der Waals surface area contributed by atoms with Crippen molar-refractivity contribution in [2.24, 2.45) is 11.8 Å². The number of anilines is 1. The van der Waals surface area contributed by atoms with E-state index in [1.165, 1.54) is 24.8 Å². The second kappa shape index (κ2) is 8.56. The first-order valence-electron chi connectivity index (χ1n) is 11.9. The maximum atomic E-state index is 14.4. The molecular weight excluding hydrogens is 437 g/mol. The van der Waals surface area contributed by atoms with E-state index in [4.69, 9.17) is 11.6 Å². The van der Waals surface area contributed by atoms with E-state index in [-0.39, 0.29) is 5.82 Å². The number of hydrogen-bond donors (Lipinski definition) is 1. The van der Waals surface area contributed by atoms with Crippen LogP contribution in [0.3, 0.4) is 0 Å². The van der Waals surface area contributed by atoms with E-state index in [0.29, 0.717) is 28.8 Å². The van der Waals surface area contributed by atoms with Gasteiger partial charge in [-0.05, 0) is 80.5 Å². The van der Waals surface area contributed by atoms with Crippen molar-refractivity contribution in [3.63, 3.8) is 0 Å². The number of nitrogens with zero attached hydrogens (tertiary/aromatic N) is 4. The van der Waals surface area contributed by atoms with Crippen LogP contribution in [0.2, 0.25) is 5.15 Å². The number of hydrogen-bond acceptors (Lipinski definition) is 4. The Labute approximate surface area is 197 Å². The minimum Gasteiger partial charge on any atom is -0.367 e. The number of pyridine rings is 1. The molecule has 6 rings (SSSR count). The van der Waals surface area contributed by atoms with Crippen LogP contribution in [0.4, 0.5) is 10.2 Å². The lowest BCUT2D eigenvalue weighted by Gasteiger charge is -2.14. The third kappa shape index (κ3) is 4.29. The molecule has 0 radical (unpaired) electrons. The van der Waals surface area contributed by atoms with E-state index >= 15 is 0 Å². The van der Waals surface area contributed by atoms with Gasteiger partial charge in [-0.15, -0.1) is 0 Å². The summed E-state index contributed by atoms with van der Waals surface area (Å²) in [6, 6.07) is 10.3. The fourth-order valence-corrected chi connectivity index (χ4v) is 5.39. The van der Waals surface area contributed by atoms with Crippen LogP contribution in [0.25, 0.3) is 21.9 Å². The molecule has 2 saturated carbocycles. The quantitative estimate of drug-likeness (QED) is 0.315. The molecule has 2 fully saturated rings. The van der Waals surface area contributed by atoms with Crippen molar-refractivity contribution in [2.45, 2.75) is 51.0 Å². The number of benzene rings is 1. The van der Waals surface area contributed by atoms with Crippen LogP contribution >= 0.6 is 11.6 Å². The summed E-state index contributed by atoms with van der Waals surface area (Å²) in [7, 11) is 0. The number of halogens is 2. The van der Waals surface area contributed by atoms with E-state index in [0.717, 1.165) is 54.2 Å². The van der Waals surface area contributed by atoms with Crippen molar-refractivity contribution < 1.29 is 4.39 Å². The maximum Gasteiger partial charge on any atom is 0.166 e. The highest BCUT2D eigenvalue weighted by Gasteiger charge is 2.27. The fraction of sp³-hybridized carbons (Fsp3) is 0.423. The molecule has 1 N–H and O–H groups in total. The van der Waals surface area contributed by atoms with Gasteiger partial charge in [0.1, 0.15) is 17.1 Å². The lowest BCUT2D eigenvalue weighted by molar-refractivity contribution is 0.461. The number of aromatic nitrogens is 4. The van der Waals surface area contributed by atoms with Crippen molar-refractivity contribution in [2.75, 3.05) is 11.9 Å². The minimum atomic E-state index is -0.267. The van der Waals surface area contributed by atoms with Crippen LogP contribution in [0.1, 0.15) is 50.1 Å². The molecule has 0 bridgehead atoms. The van der Waals surface area contributed by atoms with Crippen molar-refractivity contribution in [3.05, 3.63) is 59.4 Å². The van der Waals surface area contributed by atoms with Crippen molar-refractivity contribution in [1.29, 1.82) is 0 Å². The van der Waals surface area contributed by atoms with Crippen molar-refractivity contribution in [3.8, 4) is 0 Å². The summed E-state index contributed by atoms with van der Waals surface area (Å²) in [4.78, 5) is 13.1. The van der Waals surface area contributed by atoms with Crippen LogP contribution in [0.15, 0.2) is 42.9 Å². The molecule has 2 aliphatic carbocycles. The van der Waals surface area contributed by atoms with Gasteiger partial charge in [0, 0.05) is 24.2 Å². The molecular formula is C26H27ClFN5. The first-order valence-corrected chi connectivity index (χ1v) is 12.3. The van der Waals surface area contributed by atoms with Crippen LogP contribution < -0.4 is 5.32 Å². The molecule has 2 aliphatic rings. The molecule has 33 heavy (non-hydrogen) atoms. The van der Waals surface area contributed by atoms with E-state index < -0.39 is 0 Å². The Bertz CT molecular complexity index is 1320. The molecule has 7 heteroatoms. The number of aryl methyl sites for hydroxylation is 1. The predicted molar refractivity (Wildman–Crippen MR) is 130 cm³/mol. The maximum absolute atomic E-state index is 14.4. The molecule has 2 unspecified atom stereocenters. The molecule has 5 nitrogen and oxygen atoms in total. The molecule has 3 aromatic heterocycles. The molecule has 2 atom stereocenters. The molecule has 0 aliphatic heterocycles. The molecule has 170 valence electrons. The van der Waals surface area contributed by atoms with Gasteiger partial charge in [0.25, 0.3) is 0 Å². The summed E-state index contributed by atoms with van der Waals surface area (Å²) in [5.41, 5.74) is 3.07. The summed E-state index contributed by atoms with van der Waals surface area (Å²) >= 11 is 6.22. The Morgan fingerprint density at radius 2 is 1.94 bits per heavy atom. The zero-order chi connectivity index (χ0) is 22.4. The first kappa shape index (κ1) is 20.8. The second-order valence-electron chi connectivity index (χ2n) is 9.67. The average Bonchev–Trinajstić information content (AvgIpc) is 3.35. The summed E-state index contributed by atoms with van der Waals surface area (Å²) < 4.78 is 16.6. The van der Waals surface area contributed by atoms with Crippen LogP contribution in [0.5, 0.6) is 0 Å². The lowest BCUT2D eigenvalue weighted by atomic mass is 9.97. The van der Waals surface area contributed by atoms with Gasteiger partial charge in [0.2, 0.25) is 0 Å². The number of nitrogens with one attached hydrogen (secondary N) is 1. The van der Waals surface area contributed by atoms with Gasteiger partial charge >= 0.3 is 0 Å². The molecule has 0 saturated heterocycles. The van der Waals surface area contributed by atoms with Gasteiger partial charge in [-0.25, -0.2) is 19.3 Å². The SMILES string of the molecule is Fc1cc2ccc(CCC3CCC(n4ccc5c(Cl)ncnc54)C3)cc2nc1NCC1CC1. The standard InChI is InChI=1S/C26H27ClFN5/c27-24-21-9-10-33(26(21)31-15-30-24)20-8-6-16(11-20)1-2-17-5-7-19-13-22(28)25(32-23(19)12-17)29-14-18-3-4-18/h5,7,9-10,12-13,15-16,18,20H,1-4,6,8,11,14H2,(H,29,32). The van der Waals surface area contributed by atoms with Gasteiger partial charge in [-0.1, -0.05) is 23.7 Å². The van der Waals surface area contributed by atoms with Crippen LogP contribution in [-0.4, -0.2) is 26.1 Å². The predicted octanol–water partition coefficient (Wildman–Crippen LogP) is 6.57. The summed E-state index contributed by atoms with van der Waals surface area (Å²) in [6.45, 7) is 0.812. The third-order valence-corrected chi connectivity index (χ3v) is 7.60. The summed E-state index contributed by atoms with van der Waals surface area (Å²) in [5, 5.41) is 5.49. The number of rotatable bonds is 7. The molecule has 3 heterocycles. The van der Waals surface area contributed by atoms with E-state index in [1.54, 1.807) is 12.4 Å². The van der Waals surface area contributed by atoms with E-state index in [9.17, 15) is 4.39 Å². The monoisotopic (exact) mass is 463 g/mol. The Balaban J connectivity index is 1.12. The topological polar surface area (TPSA) is 55.6 Å². The Morgan fingerprint density at radius 1 is 1.06 bits per heavy atom. The van der Waals surface area contributed by atoms with Crippen molar-refractivity contribution >= 4 is 39.4 Å². The normalized spacial score (nSPS) is 20.7. The zero-order valence-corrected chi connectivity index (χ0v) is 19.2. The zero-order valence-electron chi connectivity index (χ0n) is 18.5. The van der Waals surface area contributed by atoms with Crippen molar-refractivity contribution in [1.82, 2.24) is 19.5 Å².